The molecular formula is C32H14F6N6. The lowest BCUT2D eigenvalue weighted by Crippen LogP contribution is -2.12. The van der Waals surface area contributed by atoms with E-state index in [0.717, 1.165) is 11.1 Å². The predicted octanol–water partition coefficient (Wildman–Crippen LogP) is 8.40. The SMILES string of the molecule is [C-]#[N+]/N=c1/c(-c2cc(C(F)(F)F)cc(C(F)(F)F)c2)c(C#N)c2cc3c([N+]#[C-])c(-c4cc(C)cc(C)c4)c(=NC#N)c3cc12. The number of benzene rings is 3. The molecule has 0 fully saturated rings. The van der Waals surface area contributed by atoms with E-state index in [0.29, 0.717) is 23.3 Å². The third-order valence-corrected chi connectivity index (χ3v) is 7.07. The van der Waals surface area contributed by atoms with E-state index >= 15 is 0 Å². The Hall–Kier alpha value is -5.98. The Labute approximate surface area is 245 Å². The Morgan fingerprint density at radius 2 is 1.23 bits per heavy atom. The largest absolute Gasteiger partial charge is 0.416 e. The lowest BCUT2D eigenvalue weighted by Gasteiger charge is -2.14. The molecule has 0 amide bonds. The summed E-state index contributed by atoms with van der Waals surface area (Å²) in [6.07, 6.45) is -8.59. The number of nitriles is 2. The minimum Gasteiger partial charge on any atom is -0.237 e. The van der Waals surface area contributed by atoms with Crippen LogP contribution in [-0.2, 0) is 12.4 Å². The summed E-state index contributed by atoms with van der Waals surface area (Å²) in [5.74, 6) is 0. The van der Waals surface area contributed by atoms with E-state index < -0.39 is 34.6 Å². The smallest absolute Gasteiger partial charge is 0.237 e. The summed E-state index contributed by atoms with van der Waals surface area (Å²) in [6.45, 7) is 19.0. The van der Waals surface area contributed by atoms with Gasteiger partial charge in [-0.25, -0.2) is 4.85 Å². The van der Waals surface area contributed by atoms with Crippen LogP contribution in [0.25, 0.3) is 53.6 Å². The summed E-state index contributed by atoms with van der Waals surface area (Å²) in [4.78, 5) is 10.6. The lowest BCUT2D eigenvalue weighted by molar-refractivity contribution is -0.143. The second kappa shape index (κ2) is 10.4. The molecule has 0 saturated heterocycles. The van der Waals surface area contributed by atoms with Gasteiger partial charge in [0.25, 0.3) is 0 Å². The van der Waals surface area contributed by atoms with Crippen LogP contribution in [0.3, 0.4) is 0 Å². The first kappa shape index (κ1) is 29.5. The van der Waals surface area contributed by atoms with Crippen LogP contribution >= 0.6 is 0 Å². The number of rotatable bonds is 2. The molecule has 0 aliphatic heterocycles. The van der Waals surface area contributed by atoms with Crippen LogP contribution in [-0.4, -0.2) is 0 Å². The number of hydrogen-bond donors (Lipinski definition) is 0. The van der Waals surface area contributed by atoms with Crippen molar-refractivity contribution < 1.29 is 26.3 Å². The van der Waals surface area contributed by atoms with Crippen molar-refractivity contribution in [2.24, 2.45) is 10.1 Å². The number of fused-ring (bicyclic) bond motifs is 2. The van der Waals surface area contributed by atoms with Gasteiger partial charge in [-0.05, 0) is 60.0 Å². The van der Waals surface area contributed by atoms with Crippen molar-refractivity contribution in [3.05, 3.63) is 110 Å². The van der Waals surface area contributed by atoms with Crippen LogP contribution in [0.4, 0.5) is 32.0 Å². The zero-order chi connectivity index (χ0) is 32.1. The first-order valence-electron chi connectivity index (χ1n) is 12.5. The van der Waals surface area contributed by atoms with Crippen molar-refractivity contribution in [2.75, 3.05) is 0 Å². The van der Waals surface area contributed by atoms with Gasteiger partial charge in [-0.2, -0.15) is 48.4 Å². The van der Waals surface area contributed by atoms with E-state index in [1.165, 1.54) is 12.1 Å². The van der Waals surface area contributed by atoms with E-state index in [2.05, 4.69) is 19.9 Å². The molecule has 6 nitrogen and oxygen atoms in total. The Morgan fingerprint density at radius 1 is 0.682 bits per heavy atom. The second-order valence-electron chi connectivity index (χ2n) is 9.92. The average Bonchev–Trinajstić information content (AvgIpc) is 3.41. The van der Waals surface area contributed by atoms with Gasteiger partial charge >= 0.3 is 12.4 Å². The third-order valence-electron chi connectivity index (χ3n) is 7.07. The molecule has 0 aliphatic rings. The molecule has 0 spiro atoms. The molecule has 0 bridgehead atoms. The summed E-state index contributed by atoms with van der Waals surface area (Å²) >= 11 is 0. The van der Waals surface area contributed by atoms with Crippen molar-refractivity contribution in [1.82, 2.24) is 0 Å². The molecule has 5 rings (SSSR count). The Morgan fingerprint density at radius 3 is 1.73 bits per heavy atom. The van der Waals surface area contributed by atoms with Crippen molar-refractivity contribution in [3.8, 4) is 34.5 Å². The van der Waals surface area contributed by atoms with Gasteiger partial charge in [-0.15, -0.1) is 4.95 Å². The molecule has 5 aromatic carbocycles. The highest BCUT2D eigenvalue weighted by molar-refractivity contribution is 6.14. The summed E-state index contributed by atoms with van der Waals surface area (Å²) < 4.78 is 82.2. The third kappa shape index (κ3) is 4.79. The first-order valence-corrected chi connectivity index (χ1v) is 12.5. The lowest BCUT2D eigenvalue weighted by atomic mass is 9.98. The second-order valence-corrected chi connectivity index (χ2v) is 9.92. The maximum atomic E-state index is 13.7. The van der Waals surface area contributed by atoms with Gasteiger partial charge in [0.2, 0.25) is 11.9 Å². The summed E-state index contributed by atoms with van der Waals surface area (Å²) in [5.41, 5.74) is -1.81. The maximum absolute atomic E-state index is 13.7. The van der Waals surface area contributed by atoms with Crippen LogP contribution < -0.4 is 10.7 Å². The molecular weight excluding hydrogens is 582 g/mol. The molecule has 44 heavy (non-hydrogen) atoms. The molecule has 0 N–H and O–H groups in total. The summed E-state index contributed by atoms with van der Waals surface area (Å²) in [6, 6.07) is 11.0. The van der Waals surface area contributed by atoms with Crippen LogP contribution in [0.15, 0.2) is 58.6 Å². The van der Waals surface area contributed by atoms with Gasteiger partial charge in [0.05, 0.1) is 33.7 Å². The van der Waals surface area contributed by atoms with Gasteiger partial charge in [-0.3, -0.25) is 0 Å². The van der Waals surface area contributed by atoms with Crippen molar-refractivity contribution in [2.45, 2.75) is 26.2 Å². The van der Waals surface area contributed by atoms with E-state index in [1.54, 1.807) is 18.3 Å². The minimum absolute atomic E-state index is 0.0373. The molecule has 5 aromatic rings. The zero-order valence-electron chi connectivity index (χ0n) is 22.6. The quantitative estimate of drug-likeness (QED) is 0.0888. The molecule has 12 heteroatoms. The Kier molecular flexibility index (Phi) is 6.96. The van der Waals surface area contributed by atoms with Crippen LogP contribution in [0.1, 0.15) is 27.8 Å². The highest BCUT2D eigenvalue weighted by atomic mass is 19.4. The zero-order valence-corrected chi connectivity index (χ0v) is 22.6. The van der Waals surface area contributed by atoms with E-state index in [1.807, 2.05) is 26.0 Å². The predicted molar refractivity (Wildman–Crippen MR) is 148 cm³/mol. The van der Waals surface area contributed by atoms with E-state index in [-0.39, 0.29) is 49.6 Å². The molecule has 0 unspecified atom stereocenters. The van der Waals surface area contributed by atoms with Gasteiger partial charge < -0.3 is 0 Å². The fraction of sp³-hybridized carbons (Fsp3) is 0.125. The van der Waals surface area contributed by atoms with E-state index in [9.17, 15) is 36.9 Å². The van der Waals surface area contributed by atoms with Crippen LogP contribution in [0.2, 0.25) is 0 Å². The molecule has 214 valence electrons. The van der Waals surface area contributed by atoms with E-state index in [4.69, 9.17) is 13.1 Å². The number of nitrogens with zero attached hydrogens (tertiary/aromatic N) is 6. The Balaban J connectivity index is 1.99. The normalized spacial score (nSPS) is 12.7. The van der Waals surface area contributed by atoms with Gasteiger partial charge in [0.1, 0.15) is 6.07 Å². The fourth-order valence-electron chi connectivity index (χ4n) is 5.49. The van der Waals surface area contributed by atoms with Crippen molar-refractivity contribution in [1.29, 1.82) is 10.5 Å². The number of aryl methyl sites for hydroxylation is 2. The first-order chi connectivity index (χ1) is 20.7. The van der Waals surface area contributed by atoms with Crippen molar-refractivity contribution in [3.63, 3.8) is 0 Å². The topological polar surface area (TPSA) is 81.0 Å². The Bertz CT molecular complexity index is 2270. The van der Waals surface area contributed by atoms with Crippen molar-refractivity contribution >= 4 is 27.2 Å². The molecule has 0 radical (unpaired) electrons. The molecule has 0 aromatic heterocycles. The fourth-order valence-corrected chi connectivity index (χ4v) is 5.49. The highest BCUT2D eigenvalue weighted by Crippen LogP contribution is 2.43. The molecule has 0 saturated carbocycles. The minimum atomic E-state index is -5.16. The number of alkyl halides is 6. The summed E-state index contributed by atoms with van der Waals surface area (Å²) in [5, 5.41) is 23.8. The summed E-state index contributed by atoms with van der Waals surface area (Å²) in [7, 11) is 0. The van der Waals surface area contributed by atoms with Crippen LogP contribution in [0, 0.1) is 49.8 Å². The van der Waals surface area contributed by atoms with Crippen LogP contribution in [0.5, 0.6) is 0 Å². The highest BCUT2D eigenvalue weighted by Gasteiger charge is 2.38. The van der Waals surface area contributed by atoms with Gasteiger partial charge in [0.15, 0.2) is 5.36 Å². The number of hydrogen-bond acceptors (Lipinski definition) is 4. The number of halogens is 6. The average molecular weight is 596 g/mol. The van der Waals surface area contributed by atoms with Gasteiger partial charge in [-0.1, -0.05) is 35.4 Å². The van der Waals surface area contributed by atoms with Gasteiger partial charge in [0, 0.05) is 21.9 Å². The molecule has 0 aliphatic carbocycles. The molecule has 0 atom stereocenters. The molecule has 0 heterocycles. The maximum Gasteiger partial charge on any atom is 0.416 e. The monoisotopic (exact) mass is 596 g/mol. The standard InChI is InChI=1S/C32H14F6N6/c1-15-5-16(2)7-17(6-15)27-28(41-3)23-11-21-22(12-24(23)29(27)43-14-40)30(44-42-4)26(25(21)13-39)18-8-19(31(33,34)35)10-20(9-18)32(36,37)38/h5-12H,1-2H3/b43-29?,44-30+.